The molecule has 2 fully saturated rings. The lowest BCUT2D eigenvalue weighted by molar-refractivity contribution is -0.137. The van der Waals surface area contributed by atoms with Gasteiger partial charge in [0, 0.05) is 25.7 Å². The number of halogens is 3. The Kier molecular flexibility index (Phi) is 5.24. The number of likely N-dealkylation sites (tertiary alicyclic amines) is 1. The van der Waals surface area contributed by atoms with Gasteiger partial charge < -0.3 is 4.74 Å². The molecule has 0 saturated carbocycles. The second kappa shape index (κ2) is 7.20. The van der Waals surface area contributed by atoms with E-state index in [4.69, 9.17) is 4.74 Å². The molecule has 0 aromatic heterocycles. The van der Waals surface area contributed by atoms with E-state index in [1.807, 2.05) is 0 Å². The van der Waals surface area contributed by atoms with Gasteiger partial charge in [-0.25, -0.2) is 0 Å². The Labute approximate surface area is 135 Å². The summed E-state index contributed by atoms with van der Waals surface area (Å²) in [6.45, 7) is 6.10. The van der Waals surface area contributed by atoms with Crippen molar-refractivity contribution in [2.75, 3.05) is 39.4 Å². The van der Waals surface area contributed by atoms with Gasteiger partial charge in [0.2, 0.25) is 0 Å². The van der Waals surface area contributed by atoms with Crippen LogP contribution in [0.15, 0.2) is 24.3 Å². The first-order chi connectivity index (χ1) is 11.0. The van der Waals surface area contributed by atoms with E-state index in [1.54, 1.807) is 6.07 Å². The normalized spacial score (nSPS) is 22.4. The van der Waals surface area contributed by atoms with Crippen molar-refractivity contribution in [1.29, 1.82) is 0 Å². The Morgan fingerprint density at radius 1 is 1.04 bits per heavy atom. The van der Waals surface area contributed by atoms with Crippen LogP contribution in [0.25, 0.3) is 0 Å². The van der Waals surface area contributed by atoms with Gasteiger partial charge in [-0.1, -0.05) is 18.2 Å². The molecule has 0 atom stereocenters. The lowest BCUT2D eigenvalue weighted by atomic mass is 10.0. The van der Waals surface area contributed by atoms with Crippen molar-refractivity contribution in [3.8, 4) is 0 Å². The summed E-state index contributed by atoms with van der Waals surface area (Å²) in [6, 6.07) is 6.28. The smallest absolute Gasteiger partial charge is 0.379 e. The molecule has 0 spiro atoms. The molecule has 0 unspecified atom stereocenters. The highest BCUT2D eigenvalue weighted by molar-refractivity contribution is 5.25. The number of alkyl halides is 3. The van der Waals surface area contributed by atoms with Crippen LogP contribution in [0, 0.1) is 0 Å². The van der Waals surface area contributed by atoms with Crippen molar-refractivity contribution in [1.82, 2.24) is 9.80 Å². The summed E-state index contributed by atoms with van der Waals surface area (Å²) in [4.78, 5) is 4.75. The molecule has 0 bridgehead atoms. The molecular formula is C17H23F3N2O. The second-order valence-corrected chi connectivity index (χ2v) is 6.35. The number of benzene rings is 1. The van der Waals surface area contributed by atoms with E-state index in [1.165, 1.54) is 12.1 Å². The molecule has 0 N–H and O–H groups in total. The molecule has 6 heteroatoms. The largest absolute Gasteiger partial charge is 0.416 e. The minimum absolute atomic E-state index is 0.557. The van der Waals surface area contributed by atoms with Crippen molar-refractivity contribution in [3.05, 3.63) is 35.4 Å². The van der Waals surface area contributed by atoms with Gasteiger partial charge in [-0.3, -0.25) is 9.80 Å². The third-order valence-electron chi connectivity index (χ3n) is 4.78. The molecule has 3 nitrogen and oxygen atoms in total. The number of ether oxygens (including phenoxy) is 1. The molecule has 23 heavy (non-hydrogen) atoms. The fourth-order valence-corrected chi connectivity index (χ4v) is 3.49. The lowest BCUT2D eigenvalue weighted by Gasteiger charge is -2.40. The van der Waals surface area contributed by atoms with E-state index in [2.05, 4.69) is 9.80 Å². The van der Waals surface area contributed by atoms with E-state index in [0.717, 1.165) is 63.9 Å². The third kappa shape index (κ3) is 4.46. The van der Waals surface area contributed by atoms with E-state index in [0.29, 0.717) is 12.6 Å². The van der Waals surface area contributed by atoms with Crippen molar-refractivity contribution in [2.24, 2.45) is 0 Å². The second-order valence-electron chi connectivity index (χ2n) is 6.35. The van der Waals surface area contributed by atoms with Crippen LogP contribution in [0.3, 0.4) is 0 Å². The summed E-state index contributed by atoms with van der Waals surface area (Å²) in [5.41, 5.74) is 0.183. The SMILES string of the molecule is FC(F)(F)c1cccc(CN2CCC(N3CCOCC3)CC2)c1. The zero-order valence-corrected chi connectivity index (χ0v) is 13.2. The molecule has 0 amide bonds. The van der Waals surface area contributed by atoms with Gasteiger partial charge in [-0.05, 0) is 37.6 Å². The minimum Gasteiger partial charge on any atom is -0.379 e. The molecule has 2 saturated heterocycles. The number of rotatable bonds is 3. The van der Waals surface area contributed by atoms with Crippen LogP contribution < -0.4 is 0 Å². The zero-order chi connectivity index (χ0) is 16.3. The van der Waals surface area contributed by atoms with Gasteiger partial charge in [0.15, 0.2) is 0 Å². The van der Waals surface area contributed by atoms with E-state index < -0.39 is 11.7 Å². The number of hydrogen-bond acceptors (Lipinski definition) is 3. The maximum atomic E-state index is 12.8. The molecule has 0 aliphatic carbocycles. The molecule has 1 aromatic rings. The Hall–Kier alpha value is -1.11. The number of morpholine rings is 1. The van der Waals surface area contributed by atoms with Crippen LogP contribution in [-0.4, -0.2) is 55.2 Å². The highest BCUT2D eigenvalue weighted by Crippen LogP contribution is 2.30. The highest BCUT2D eigenvalue weighted by atomic mass is 19.4. The van der Waals surface area contributed by atoms with Crippen molar-refractivity contribution in [3.63, 3.8) is 0 Å². The molecule has 2 heterocycles. The summed E-state index contributed by atoms with van der Waals surface area (Å²) >= 11 is 0. The van der Waals surface area contributed by atoms with Gasteiger partial charge in [-0.2, -0.15) is 13.2 Å². The van der Waals surface area contributed by atoms with Crippen LogP contribution in [0.5, 0.6) is 0 Å². The number of nitrogens with zero attached hydrogens (tertiary/aromatic N) is 2. The molecule has 1 aromatic carbocycles. The maximum absolute atomic E-state index is 12.8. The monoisotopic (exact) mass is 328 g/mol. The Morgan fingerprint density at radius 2 is 1.74 bits per heavy atom. The summed E-state index contributed by atoms with van der Waals surface area (Å²) in [7, 11) is 0. The summed E-state index contributed by atoms with van der Waals surface area (Å²) in [5.74, 6) is 0. The van der Waals surface area contributed by atoms with Crippen LogP contribution in [0.4, 0.5) is 13.2 Å². The summed E-state index contributed by atoms with van der Waals surface area (Å²) < 4.78 is 43.7. The fraction of sp³-hybridized carbons (Fsp3) is 0.647. The van der Waals surface area contributed by atoms with Gasteiger partial charge in [0.1, 0.15) is 0 Å². The zero-order valence-electron chi connectivity index (χ0n) is 13.2. The Morgan fingerprint density at radius 3 is 2.39 bits per heavy atom. The van der Waals surface area contributed by atoms with Gasteiger partial charge in [0.05, 0.1) is 18.8 Å². The van der Waals surface area contributed by atoms with Crippen molar-refractivity contribution < 1.29 is 17.9 Å². The molecule has 128 valence electrons. The van der Waals surface area contributed by atoms with Gasteiger partial charge >= 0.3 is 6.18 Å². The lowest BCUT2D eigenvalue weighted by Crippen LogP contribution is -2.48. The van der Waals surface area contributed by atoms with Crippen LogP contribution >= 0.6 is 0 Å². The van der Waals surface area contributed by atoms with Crippen LogP contribution in [0.2, 0.25) is 0 Å². The van der Waals surface area contributed by atoms with Crippen molar-refractivity contribution >= 4 is 0 Å². The first-order valence-corrected chi connectivity index (χ1v) is 8.23. The Balaban J connectivity index is 1.52. The predicted molar refractivity (Wildman–Crippen MR) is 82.1 cm³/mol. The fourth-order valence-electron chi connectivity index (χ4n) is 3.49. The van der Waals surface area contributed by atoms with Crippen LogP contribution in [-0.2, 0) is 17.5 Å². The number of piperidine rings is 1. The van der Waals surface area contributed by atoms with E-state index in [-0.39, 0.29) is 0 Å². The standard InChI is InChI=1S/C17H23F3N2O/c18-17(19,20)15-3-1-2-14(12-15)13-21-6-4-16(5-7-21)22-8-10-23-11-9-22/h1-3,12,16H,4-11,13H2. The first kappa shape index (κ1) is 16.7. The molecule has 2 aliphatic heterocycles. The highest BCUT2D eigenvalue weighted by Gasteiger charge is 2.31. The number of hydrogen-bond donors (Lipinski definition) is 0. The molecule has 0 radical (unpaired) electrons. The predicted octanol–water partition coefficient (Wildman–Crippen LogP) is 3.00. The van der Waals surface area contributed by atoms with Gasteiger partial charge in [-0.15, -0.1) is 0 Å². The van der Waals surface area contributed by atoms with Crippen LogP contribution in [0.1, 0.15) is 24.0 Å². The topological polar surface area (TPSA) is 15.7 Å². The van der Waals surface area contributed by atoms with E-state index >= 15 is 0 Å². The minimum atomic E-state index is -4.26. The molecule has 2 aliphatic rings. The Bertz CT molecular complexity index is 507. The van der Waals surface area contributed by atoms with E-state index in [9.17, 15) is 13.2 Å². The summed E-state index contributed by atoms with van der Waals surface area (Å²) in [6.07, 6.45) is -2.10. The average molecular weight is 328 g/mol. The third-order valence-corrected chi connectivity index (χ3v) is 4.78. The summed E-state index contributed by atoms with van der Waals surface area (Å²) in [5, 5.41) is 0. The quantitative estimate of drug-likeness (QED) is 0.848. The molecular weight excluding hydrogens is 305 g/mol. The van der Waals surface area contributed by atoms with Gasteiger partial charge in [0.25, 0.3) is 0 Å². The average Bonchev–Trinajstić information content (AvgIpc) is 2.56. The first-order valence-electron chi connectivity index (χ1n) is 8.23. The van der Waals surface area contributed by atoms with Crippen molar-refractivity contribution in [2.45, 2.75) is 31.6 Å². The molecule has 3 rings (SSSR count). The maximum Gasteiger partial charge on any atom is 0.416 e.